The van der Waals surface area contributed by atoms with Crippen molar-refractivity contribution in [3.63, 3.8) is 0 Å². The average Bonchev–Trinajstić information content (AvgIpc) is 3.45. The van der Waals surface area contributed by atoms with E-state index in [1.165, 1.54) is 16.4 Å². The SMILES string of the molecule is O=C1CCc2cc(Cl)c(S(=O)(=O)N(Cc3ccccc3F)C3CC3)cc2N1. The van der Waals surface area contributed by atoms with Crippen LogP contribution in [-0.2, 0) is 27.8 Å². The van der Waals surface area contributed by atoms with E-state index in [4.69, 9.17) is 11.6 Å². The number of fused-ring (bicyclic) bond motifs is 1. The van der Waals surface area contributed by atoms with Gasteiger partial charge in [0.25, 0.3) is 0 Å². The molecule has 1 amide bonds. The number of rotatable bonds is 5. The molecule has 142 valence electrons. The zero-order chi connectivity index (χ0) is 19.2. The fraction of sp³-hybridized carbons (Fsp3) is 0.316. The molecular formula is C19H18ClFN2O3S. The second kappa shape index (κ2) is 6.89. The van der Waals surface area contributed by atoms with Crippen molar-refractivity contribution >= 4 is 33.2 Å². The molecule has 4 rings (SSSR count). The van der Waals surface area contributed by atoms with E-state index in [1.54, 1.807) is 24.3 Å². The van der Waals surface area contributed by atoms with Gasteiger partial charge in [-0.15, -0.1) is 0 Å². The number of anilines is 1. The van der Waals surface area contributed by atoms with Crippen LogP contribution in [0.5, 0.6) is 0 Å². The van der Waals surface area contributed by atoms with Crippen molar-refractivity contribution in [2.45, 2.75) is 43.2 Å². The first-order valence-electron chi connectivity index (χ1n) is 8.74. The predicted octanol–water partition coefficient (Wildman–Crippen LogP) is 3.72. The summed E-state index contributed by atoms with van der Waals surface area (Å²) >= 11 is 6.29. The van der Waals surface area contributed by atoms with Crippen LogP contribution in [0.3, 0.4) is 0 Å². The van der Waals surface area contributed by atoms with Crippen LogP contribution in [0.4, 0.5) is 10.1 Å². The van der Waals surface area contributed by atoms with E-state index in [-0.39, 0.29) is 28.4 Å². The quantitative estimate of drug-likeness (QED) is 0.820. The number of nitrogens with zero attached hydrogens (tertiary/aromatic N) is 1. The van der Waals surface area contributed by atoms with Crippen molar-refractivity contribution in [3.05, 3.63) is 58.4 Å². The Balaban J connectivity index is 1.73. The van der Waals surface area contributed by atoms with Crippen LogP contribution in [0.15, 0.2) is 41.3 Å². The molecular weight excluding hydrogens is 391 g/mol. The van der Waals surface area contributed by atoms with Crippen molar-refractivity contribution in [1.82, 2.24) is 4.31 Å². The van der Waals surface area contributed by atoms with Gasteiger partial charge in [-0.1, -0.05) is 29.8 Å². The van der Waals surface area contributed by atoms with Crippen LogP contribution in [0.25, 0.3) is 0 Å². The van der Waals surface area contributed by atoms with Crippen LogP contribution in [-0.4, -0.2) is 24.7 Å². The lowest BCUT2D eigenvalue weighted by atomic mass is 10.0. The fourth-order valence-electron chi connectivity index (χ4n) is 3.27. The van der Waals surface area contributed by atoms with Crippen LogP contribution in [0.2, 0.25) is 5.02 Å². The van der Waals surface area contributed by atoms with Gasteiger partial charge in [-0.3, -0.25) is 4.79 Å². The lowest BCUT2D eigenvalue weighted by Crippen LogP contribution is -2.33. The minimum absolute atomic E-state index is 0.0561. The van der Waals surface area contributed by atoms with Gasteiger partial charge in [0.1, 0.15) is 10.7 Å². The molecule has 27 heavy (non-hydrogen) atoms. The molecule has 2 aromatic rings. The average molecular weight is 409 g/mol. The molecule has 2 aliphatic rings. The van der Waals surface area contributed by atoms with E-state index in [0.717, 1.165) is 18.4 Å². The van der Waals surface area contributed by atoms with Gasteiger partial charge in [-0.25, -0.2) is 12.8 Å². The van der Waals surface area contributed by atoms with Crippen molar-refractivity contribution in [3.8, 4) is 0 Å². The molecule has 0 radical (unpaired) electrons. The van der Waals surface area contributed by atoms with Gasteiger partial charge < -0.3 is 5.32 Å². The number of amides is 1. The summed E-state index contributed by atoms with van der Waals surface area (Å²) in [5.74, 6) is -0.597. The minimum Gasteiger partial charge on any atom is -0.326 e. The van der Waals surface area contributed by atoms with E-state index < -0.39 is 15.8 Å². The third-order valence-corrected chi connectivity index (χ3v) is 7.24. The maximum absolute atomic E-state index is 14.1. The van der Waals surface area contributed by atoms with Crippen LogP contribution in [0, 0.1) is 5.82 Å². The number of carbonyl (C=O) groups is 1. The third-order valence-electron chi connectivity index (χ3n) is 4.88. The Kier molecular flexibility index (Phi) is 4.70. The van der Waals surface area contributed by atoms with Crippen molar-refractivity contribution in [2.75, 3.05) is 5.32 Å². The lowest BCUT2D eigenvalue weighted by Gasteiger charge is -2.25. The Morgan fingerprint density at radius 3 is 2.63 bits per heavy atom. The smallest absolute Gasteiger partial charge is 0.245 e. The molecule has 0 unspecified atom stereocenters. The molecule has 0 aromatic heterocycles. The molecule has 0 bridgehead atoms. The number of halogens is 2. The molecule has 1 heterocycles. The molecule has 2 aromatic carbocycles. The maximum atomic E-state index is 14.1. The minimum atomic E-state index is -3.95. The molecule has 1 aliphatic carbocycles. The Hall–Kier alpha value is -1.96. The molecule has 5 nitrogen and oxygen atoms in total. The van der Waals surface area contributed by atoms with E-state index in [1.807, 2.05) is 0 Å². The summed E-state index contributed by atoms with van der Waals surface area (Å²) in [6.45, 7) is -0.0561. The summed E-state index contributed by atoms with van der Waals surface area (Å²) in [4.78, 5) is 11.6. The summed E-state index contributed by atoms with van der Waals surface area (Å²) in [6, 6.07) is 8.98. The molecule has 0 saturated heterocycles. The number of hydrogen-bond acceptors (Lipinski definition) is 3. The second-order valence-corrected chi connectivity index (χ2v) is 9.13. The van der Waals surface area contributed by atoms with Crippen LogP contribution >= 0.6 is 11.6 Å². The van der Waals surface area contributed by atoms with Gasteiger partial charge in [0.2, 0.25) is 15.9 Å². The van der Waals surface area contributed by atoms with Gasteiger partial charge in [0.15, 0.2) is 0 Å². The topological polar surface area (TPSA) is 66.5 Å². The van der Waals surface area contributed by atoms with Gasteiger partial charge in [0.05, 0.1) is 5.02 Å². The highest BCUT2D eigenvalue weighted by Crippen LogP contribution is 2.38. The van der Waals surface area contributed by atoms with Gasteiger partial charge in [0, 0.05) is 30.3 Å². The van der Waals surface area contributed by atoms with Gasteiger partial charge in [-0.05, 0) is 43.0 Å². The Bertz CT molecular complexity index is 1020. The Morgan fingerprint density at radius 2 is 1.93 bits per heavy atom. The number of sulfonamides is 1. The zero-order valence-corrected chi connectivity index (χ0v) is 16.0. The molecule has 1 N–H and O–H groups in total. The monoisotopic (exact) mass is 408 g/mol. The highest BCUT2D eigenvalue weighted by Gasteiger charge is 2.39. The van der Waals surface area contributed by atoms with E-state index in [9.17, 15) is 17.6 Å². The largest absolute Gasteiger partial charge is 0.326 e. The van der Waals surface area contributed by atoms with Crippen LogP contribution in [0.1, 0.15) is 30.4 Å². The summed E-state index contributed by atoms with van der Waals surface area (Å²) in [7, 11) is -3.95. The Labute approximate surface area is 162 Å². The molecule has 0 spiro atoms. The number of carbonyl (C=O) groups excluding carboxylic acids is 1. The highest BCUT2D eigenvalue weighted by molar-refractivity contribution is 7.89. The molecule has 0 atom stereocenters. The van der Waals surface area contributed by atoms with E-state index in [2.05, 4.69) is 5.32 Å². The first kappa shape index (κ1) is 18.4. The number of nitrogens with one attached hydrogen (secondary N) is 1. The second-order valence-electron chi connectivity index (χ2n) is 6.86. The third kappa shape index (κ3) is 3.59. The maximum Gasteiger partial charge on any atom is 0.245 e. The predicted molar refractivity (Wildman–Crippen MR) is 101 cm³/mol. The lowest BCUT2D eigenvalue weighted by molar-refractivity contribution is -0.116. The first-order chi connectivity index (χ1) is 12.9. The van der Waals surface area contributed by atoms with Gasteiger partial charge in [-0.2, -0.15) is 4.31 Å². The summed E-state index contributed by atoms with van der Waals surface area (Å²) in [5, 5.41) is 2.82. The Morgan fingerprint density at radius 1 is 1.19 bits per heavy atom. The van der Waals surface area contributed by atoms with Crippen LogP contribution < -0.4 is 5.32 Å². The molecule has 1 fully saturated rings. The standard InChI is InChI=1S/C19H18ClFN2O3S/c20-15-9-12-5-8-19(24)22-17(12)10-18(15)27(25,26)23(14-6-7-14)11-13-3-1-2-4-16(13)21/h1-4,9-10,14H,5-8,11H2,(H,22,24). The fourth-order valence-corrected chi connectivity index (χ4v) is 5.49. The van der Waals surface area contributed by atoms with E-state index in [0.29, 0.717) is 24.1 Å². The highest BCUT2D eigenvalue weighted by atomic mass is 35.5. The normalized spacial score (nSPS) is 16.9. The summed E-state index contributed by atoms with van der Waals surface area (Å²) in [6.07, 6.45) is 2.32. The molecule has 1 saturated carbocycles. The molecule has 1 aliphatic heterocycles. The van der Waals surface area contributed by atoms with Crippen molar-refractivity contribution < 1.29 is 17.6 Å². The zero-order valence-electron chi connectivity index (χ0n) is 14.4. The summed E-state index contributed by atoms with van der Waals surface area (Å²) in [5.41, 5.74) is 1.59. The number of hydrogen-bond donors (Lipinski definition) is 1. The first-order valence-corrected chi connectivity index (χ1v) is 10.6. The number of aryl methyl sites for hydroxylation is 1. The molecule has 8 heteroatoms. The number of benzene rings is 2. The summed E-state index contributed by atoms with van der Waals surface area (Å²) < 4.78 is 42.0. The van der Waals surface area contributed by atoms with Crippen molar-refractivity contribution in [2.24, 2.45) is 0 Å². The van der Waals surface area contributed by atoms with Crippen molar-refractivity contribution in [1.29, 1.82) is 0 Å². The van der Waals surface area contributed by atoms with Gasteiger partial charge >= 0.3 is 0 Å². The van der Waals surface area contributed by atoms with E-state index >= 15 is 0 Å².